The third-order valence-electron chi connectivity index (χ3n) is 6.54. The van der Waals surface area contributed by atoms with Gasteiger partial charge in [-0.2, -0.15) is 0 Å². The minimum Gasteiger partial charge on any atom is -0.384 e. The van der Waals surface area contributed by atoms with E-state index in [0.29, 0.717) is 24.1 Å². The lowest BCUT2D eigenvalue weighted by atomic mass is 10.0. The van der Waals surface area contributed by atoms with Crippen LogP contribution in [0.1, 0.15) is 40.7 Å². The van der Waals surface area contributed by atoms with E-state index >= 15 is 0 Å². The van der Waals surface area contributed by atoms with Crippen molar-refractivity contribution in [3.05, 3.63) is 97.7 Å². The van der Waals surface area contributed by atoms with Gasteiger partial charge in [0.1, 0.15) is 23.0 Å². The highest BCUT2D eigenvalue weighted by Crippen LogP contribution is 2.18. The molecule has 1 amide bonds. The minimum absolute atomic E-state index is 0.122. The van der Waals surface area contributed by atoms with E-state index in [4.69, 9.17) is 11.5 Å². The van der Waals surface area contributed by atoms with E-state index in [2.05, 4.69) is 0 Å². The Morgan fingerprint density at radius 3 is 1.95 bits per heavy atom. The first-order valence-corrected chi connectivity index (χ1v) is 11.8. The number of halogens is 2. The maximum Gasteiger partial charge on any atom is 0.333 e. The van der Waals surface area contributed by atoms with Gasteiger partial charge >= 0.3 is 5.69 Å². The van der Waals surface area contributed by atoms with Gasteiger partial charge in [-0.05, 0) is 54.8 Å². The predicted octanol–water partition coefficient (Wildman–Crippen LogP) is 1.49. The van der Waals surface area contributed by atoms with Crippen molar-refractivity contribution in [3.63, 3.8) is 0 Å². The van der Waals surface area contributed by atoms with Crippen molar-refractivity contribution in [1.29, 1.82) is 0 Å². The summed E-state index contributed by atoms with van der Waals surface area (Å²) >= 11 is 0. The zero-order valence-electron chi connectivity index (χ0n) is 20.0. The van der Waals surface area contributed by atoms with Crippen LogP contribution in [0.3, 0.4) is 0 Å². The minimum atomic E-state index is -0.889. The Morgan fingerprint density at radius 1 is 0.865 bits per heavy atom. The average molecular weight is 512 g/mol. The predicted molar refractivity (Wildman–Crippen MR) is 133 cm³/mol. The zero-order chi connectivity index (χ0) is 26.7. The van der Waals surface area contributed by atoms with Gasteiger partial charge in [0.25, 0.3) is 5.56 Å². The SMILES string of the molecule is NC(=O)C1CCCCN1CC(=O)c1c(N)n(Cc2ccc(F)cc2)c(=O)n(Cc2ccc(F)cc2)c1=O. The molecule has 37 heavy (non-hydrogen) atoms. The molecule has 9 nitrogen and oxygen atoms in total. The number of aromatic nitrogens is 2. The van der Waals surface area contributed by atoms with Crippen LogP contribution in [0.25, 0.3) is 0 Å². The van der Waals surface area contributed by atoms with Crippen molar-refractivity contribution in [1.82, 2.24) is 14.0 Å². The van der Waals surface area contributed by atoms with Crippen molar-refractivity contribution in [2.24, 2.45) is 5.73 Å². The summed E-state index contributed by atoms with van der Waals surface area (Å²) in [6, 6.07) is 9.96. The largest absolute Gasteiger partial charge is 0.384 e. The Morgan fingerprint density at radius 2 is 1.41 bits per heavy atom. The molecule has 4 rings (SSSR count). The van der Waals surface area contributed by atoms with E-state index in [1.807, 2.05) is 0 Å². The van der Waals surface area contributed by atoms with Crippen LogP contribution in [0.4, 0.5) is 14.6 Å². The standard InChI is InChI=1S/C26H27F2N5O4/c27-18-8-4-16(5-9-18)13-32-23(29)22(21(34)15-31-12-2-1-3-20(31)24(30)35)25(36)33(26(32)37)14-17-6-10-19(28)11-7-17/h4-11,20H,1-3,12-15,29H2,(H2,30,35). The summed E-state index contributed by atoms with van der Waals surface area (Å²) in [5.74, 6) is -2.49. The molecule has 11 heteroatoms. The highest BCUT2D eigenvalue weighted by Gasteiger charge is 2.31. The molecule has 1 unspecified atom stereocenters. The van der Waals surface area contributed by atoms with Crippen LogP contribution in [0.15, 0.2) is 58.1 Å². The van der Waals surface area contributed by atoms with Crippen molar-refractivity contribution < 1.29 is 18.4 Å². The Bertz CT molecular complexity index is 1430. The summed E-state index contributed by atoms with van der Waals surface area (Å²) in [6.07, 6.45) is 2.04. The number of rotatable bonds is 8. The van der Waals surface area contributed by atoms with E-state index in [-0.39, 0.29) is 25.5 Å². The van der Waals surface area contributed by atoms with Gasteiger partial charge in [-0.15, -0.1) is 0 Å². The third-order valence-corrected chi connectivity index (χ3v) is 6.54. The number of nitrogens with two attached hydrogens (primary N) is 2. The van der Waals surface area contributed by atoms with E-state index in [1.54, 1.807) is 4.90 Å². The van der Waals surface area contributed by atoms with Gasteiger partial charge in [-0.3, -0.25) is 28.4 Å². The van der Waals surface area contributed by atoms with Crippen molar-refractivity contribution >= 4 is 17.5 Å². The number of amides is 1. The highest BCUT2D eigenvalue weighted by molar-refractivity contribution is 6.01. The summed E-state index contributed by atoms with van der Waals surface area (Å²) in [5.41, 5.74) is 10.7. The number of Topliss-reactive ketones (excluding diaryl/α,β-unsaturated/α-hetero) is 1. The highest BCUT2D eigenvalue weighted by atomic mass is 19.1. The summed E-state index contributed by atoms with van der Waals surface area (Å²) in [5, 5.41) is 0. The fraction of sp³-hybridized carbons (Fsp3) is 0.308. The number of piperidine rings is 1. The number of carbonyl (C=O) groups excluding carboxylic acids is 2. The second-order valence-electron chi connectivity index (χ2n) is 9.08. The quantitative estimate of drug-likeness (QED) is 0.440. The van der Waals surface area contributed by atoms with Crippen LogP contribution >= 0.6 is 0 Å². The number of hydrogen-bond acceptors (Lipinski definition) is 6. The molecule has 0 bridgehead atoms. The lowest BCUT2D eigenvalue weighted by molar-refractivity contribution is -0.124. The van der Waals surface area contributed by atoms with Gasteiger partial charge in [0.15, 0.2) is 5.78 Å². The Kier molecular flexibility index (Phi) is 7.63. The smallest absolute Gasteiger partial charge is 0.333 e. The summed E-state index contributed by atoms with van der Waals surface area (Å²) in [7, 11) is 0. The molecule has 1 aliphatic heterocycles. The van der Waals surface area contributed by atoms with Crippen molar-refractivity contribution in [2.75, 3.05) is 18.8 Å². The number of benzene rings is 2. The number of hydrogen-bond donors (Lipinski definition) is 2. The number of nitrogens with zero attached hydrogens (tertiary/aromatic N) is 3. The number of primary amides is 1. The maximum atomic E-state index is 13.4. The van der Waals surface area contributed by atoms with Crippen LogP contribution < -0.4 is 22.7 Å². The third kappa shape index (κ3) is 5.67. The molecule has 0 saturated carbocycles. The summed E-state index contributed by atoms with van der Waals surface area (Å²) < 4.78 is 28.7. The van der Waals surface area contributed by atoms with E-state index < -0.39 is 46.2 Å². The van der Waals surface area contributed by atoms with Crippen LogP contribution in [0.2, 0.25) is 0 Å². The van der Waals surface area contributed by atoms with Crippen molar-refractivity contribution in [3.8, 4) is 0 Å². The fourth-order valence-electron chi connectivity index (χ4n) is 4.58. The molecule has 3 aromatic rings. The van der Waals surface area contributed by atoms with E-state index in [9.17, 15) is 28.0 Å². The van der Waals surface area contributed by atoms with Gasteiger partial charge < -0.3 is 11.5 Å². The van der Waals surface area contributed by atoms with Gasteiger partial charge in [0, 0.05) is 0 Å². The molecule has 1 fully saturated rings. The molecule has 0 radical (unpaired) electrons. The molecular weight excluding hydrogens is 484 g/mol. The lowest BCUT2D eigenvalue weighted by Gasteiger charge is -2.33. The Labute approximate surface area is 210 Å². The monoisotopic (exact) mass is 511 g/mol. The number of anilines is 1. The van der Waals surface area contributed by atoms with Crippen LogP contribution in [-0.2, 0) is 17.9 Å². The first kappa shape index (κ1) is 26.0. The summed E-state index contributed by atoms with van der Waals surface area (Å²) in [4.78, 5) is 53.8. The molecule has 1 saturated heterocycles. The van der Waals surface area contributed by atoms with E-state index in [0.717, 1.165) is 22.0 Å². The molecule has 194 valence electrons. The van der Waals surface area contributed by atoms with Gasteiger partial charge in [-0.1, -0.05) is 30.7 Å². The molecule has 1 aliphatic rings. The van der Waals surface area contributed by atoms with Crippen LogP contribution in [0.5, 0.6) is 0 Å². The molecule has 4 N–H and O–H groups in total. The molecule has 0 spiro atoms. The molecule has 1 aromatic heterocycles. The van der Waals surface area contributed by atoms with Crippen molar-refractivity contribution in [2.45, 2.75) is 38.4 Å². The Hall–Kier alpha value is -4.12. The maximum absolute atomic E-state index is 13.4. The average Bonchev–Trinajstić information content (AvgIpc) is 2.87. The number of nitrogen functional groups attached to an aromatic ring is 1. The first-order valence-electron chi connectivity index (χ1n) is 11.8. The second-order valence-corrected chi connectivity index (χ2v) is 9.08. The Balaban J connectivity index is 1.79. The van der Waals surface area contributed by atoms with Gasteiger partial charge in [0.2, 0.25) is 5.91 Å². The zero-order valence-corrected chi connectivity index (χ0v) is 20.0. The molecule has 1 atom stereocenters. The van der Waals surface area contributed by atoms with Gasteiger partial charge in [-0.25, -0.2) is 13.6 Å². The normalized spacial score (nSPS) is 16.0. The summed E-state index contributed by atoms with van der Waals surface area (Å²) in [6.45, 7) is -0.186. The second kappa shape index (κ2) is 10.9. The fourth-order valence-corrected chi connectivity index (χ4v) is 4.58. The topological polar surface area (TPSA) is 133 Å². The number of carbonyl (C=O) groups is 2. The number of likely N-dealkylation sites (tertiary alicyclic amines) is 1. The lowest BCUT2D eigenvalue weighted by Crippen LogP contribution is -2.51. The van der Waals surface area contributed by atoms with Gasteiger partial charge in [0.05, 0.1) is 25.7 Å². The molecular formula is C26H27F2N5O4. The molecule has 2 aromatic carbocycles. The van der Waals surface area contributed by atoms with E-state index in [1.165, 1.54) is 48.5 Å². The molecule has 0 aliphatic carbocycles. The molecule has 2 heterocycles. The van der Waals surface area contributed by atoms with Crippen LogP contribution in [0, 0.1) is 11.6 Å². The van der Waals surface area contributed by atoms with Crippen LogP contribution in [-0.4, -0.2) is 44.9 Å². The number of ketones is 1. The first-order chi connectivity index (χ1) is 17.7.